The highest BCUT2D eigenvalue weighted by atomic mass is 127. The smallest absolute Gasteiger partial charge is 0.293 e. The molecule has 0 spiro atoms. The van der Waals surface area contributed by atoms with Crippen LogP contribution in [0.4, 0.5) is 4.79 Å². The zero-order valence-corrected chi connectivity index (χ0v) is 23.2. The highest BCUT2D eigenvalue weighted by Gasteiger charge is 2.34. The summed E-state index contributed by atoms with van der Waals surface area (Å²) in [5.74, 6) is 1.59. The number of methoxy groups -OCH3 is 1. The van der Waals surface area contributed by atoms with Gasteiger partial charge in [0.25, 0.3) is 11.1 Å². The number of hydrogen-bond acceptors (Lipinski definition) is 6. The van der Waals surface area contributed by atoms with Crippen molar-refractivity contribution in [1.29, 1.82) is 0 Å². The molecule has 0 N–H and O–H groups in total. The van der Waals surface area contributed by atoms with Crippen molar-refractivity contribution in [1.82, 2.24) is 4.90 Å². The van der Waals surface area contributed by atoms with Gasteiger partial charge in [-0.25, -0.2) is 0 Å². The topological polar surface area (TPSA) is 65.1 Å². The van der Waals surface area contributed by atoms with Gasteiger partial charge >= 0.3 is 0 Å². The first kappa shape index (κ1) is 26.1. The molecule has 2 amide bonds. The molecule has 0 saturated carbocycles. The summed E-state index contributed by atoms with van der Waals surface area (Å²) in [6, 6.07) is 19.5. The summed E-state index contributed by atoms with van der Waals surface area (Å²) in [7, 11) is 1.57. The molecule has 1 fully saturated rings. The summed E-state index contributed by atoms with van der Waals surface area (Å²) < 4.78 is 18.4. The lowest BCUT2D eigenvalue weighted by atomic mass is 10.1. The van der Waals surface area contributed by atoms with Crippen LogP contribution in [0.15, 0.2) is 65.6 Å². The van der Waals surface area contributed by atoms with Gasteiger partial charge in [0.1, 0.15) is 19.0 Å². The second-order valence-corrected chi connectivity index (χ2v) is 10.5. The Labute approximate surface area is 228 Å². The number of imide groups is 1. The lowest BCUT2D eigenvalue weighted by molar-refractivity contribution is -0.123. The van der Waals surface area contributed by atoms with Crippen molar-refractivity contribution in [3.05, 3.63) is 91.4 Å². The Hall–Kier alpha value is -2.98. The number of nitrogens with zero attached hydrogens (tertiary/aromatic N) is 1. The minimum atomic E-state index is -0.326. The van der Waals surface area contributed by atoms with Crippen LogP contribution in [-0.2, 0) is 11.4 Å². The number of carbonyl (C=O) groups excluding carboxylic acids is 2. The van der Waals surface area contributed by atoms with E-state index in [0.717, 1.165) is 43.3 Å². The number of aryl methyl sites for hydroxylation is 2. The van der Waals surface area contributed by atoms with Crippen molar-refractivity contribution < 1.29 is 23.8 Å². The monoisotopic (exact) mass is 615 g/mol. The number of thioether (sulfide) groups is 1. The van der Waals surface area contributed by atoms with Gasteiger partial charge in [0.2, 0.25) is 0 Å². The van der Waals surface area contributed by atoms with Gasteiger partial charge in [-0.15, -0.1) is 0 Å². The third-order valence-electron chi connectivity index (χ3n) is 5.58. The summed E-state index contributed by atoms with van der Waals surface area (Å²) >= 11 is 3.19. The Balaban J connectivity index is 1.40. The molecule has 0 unspecified atom stereocenters. The lowest BCUT2D eigenvalue weighted by Gasteiger charge is -2.14. The van der Waals surface area contributed by atoms with Crippen molar-refractivity contribution in [2.24, 2.45) is 0 Å². The fourth-order valence-corrected chi connectivity index (χ4v) is 4.81. The van der Waals surface area contributed by atoms with E-state index in [2.05, 4.69) is 22.6 Å². The third-order valence-corrected chi connectivity index (χ3v) is 7.21. The maximum Gasteiger partial charge on any atom is 0.293 e. The standard InChI is InChI=1S/C28H26INO5S/c1-18-4-5-19(2)24(14-18)34-13-12-30-27(31)26(36-28(30)32)16-21-8-11-23(25(15-21)33-3)35-17-20-6-9-22(29)10-7-20/h4-11,14-16H,12-13,17H2,1-3H3/b26-16-. The Morgan fingerprint density at radius 1 is 0.917 bits per heavy atom. The molecule has 8 heteroatoms. The number of halogens is 1. The molecular formula is C28H26INO5S. The van der Waals surface area contributed by atoms with E-state index in [9.17, 15) is 9.59 Å². The Morgan fingerprint density at radius 3 is 2.44 bits per heavy atom. The summed E-state index contributed by atoms with van der Waals surface area (Å²) in [4.78, 5) is 27.0. The largest absolute Gasteiger partial charge is 0.493 e. The lowest BCUT2D eigenvalue weighted by Crippen LogP contribution is -2.32. The molecule has 4 rings (SSSR count). The first-order valence-electron chi connectivity index (χ1n) is 11.3. The van der Waals surface area contributed by atoms with Gasteiger partial charge in [0.15, 0.2) is 11.5 Å². The summed E-state index contributed by atoms with van der Waals surface area (Å²) in [5.41, 5.74) is 3.89. The minimum absolute atomic E-state index is 0.185. The molecule has 1 saturated heterocycles. The normalized spacial score (nSPS) is 14.4. The van der Waals surface area contributed by atoms with Gasteiger partial charge < -0.3 is 14.2 Å². The van der Waals surface area contributed by atoms with Crippen molar-refractivity contribution in [2.45, 2.75) is 20.5 Å². The molecule has 1 aliphatic rings. The molecule has 186 valence electrons. The second kappa shape index (κ2) is 11.8. The van der Waals surface area contributed by atoms with Crippen LogP contribution in [0.5, 0.6) is 17.2 Å². The maximum absolute atomic E-state index is 12.9. The van der Waals surface area contributed by atoms with Gasteiger partial charge in [0.05, 0.1) is 18.6 Å². The molecular weight excluding hydrogens is 589 g/mol. The molecule has 36 heavy (non-hydrogen) atoms. The van der Waals surface area contributed by atoms with Gasteiger partial charge in [-0.3, -0.25) is 14.5 Å². The minimum Gasteiger partial charge on any atom is -0.493 e. The average molecular weight is 615 g/mol. The Morgan fingerprint density at radius 2 is 1.69 bits per heavy atom. The summed E-state index contributed by atoms with van der Waals surface area (Å²) in [6.07, 6.45) is 1.70. The van der Waals surface area contributed by atoms with Crippen LogP contribution in [-0.4, -0.2) is 36.3 Å². The number of carbonyl (C=O) groups is 2. The Bertz CT molecular complexity index is 1310. The van der Waals surface area contributed by atoms with Crippen molar-refractivity contribution >= 4 is 51.6 Å². The second-order valence-electron chi connectivity index (χ2n) is 8.28. The van der Waals surface area contributed by atoms with Gasteiger partial charge in [0, 0.05) is 3.57 Å². The molecule has 3 aromatic carbocycles. The van der Waals surface area contributed by atoms with E-state index in [1.165, 1.54) is 4.90 Å². The van der Waals surface area contributed by atoms with Crippen LogP contribution in [0.3, 0.4) is 0 Å². The fraction of sp³-hybridized carbons (Fsp3) is 0.214. The summed E-state index contributed by atoms with van der Waals surface area (Å²) in [5, 5.41) is -0.305. The quantitative estimate of drug-likeness (QED) is 0.200. The number of amides is 2. The van der Waals surface area contributed by atoms with Crippen LogP contribution in [0.1, 0.15) is 22.3 Å². The van der Waals surface area contributed by atoms with E-state index in [4.69, 9.17) is 14.2 Å². The van der Waals surface area contributed by atoms with E-state index in [-0.39, 0.29) is 24.3 Å². The van der Waals surface area contributed by atoms with E-state index < -0.39 is 0 Å². The highest BCUT2D eigenvalue weighted by Crippen LogP contribution is 2.35. The van der Waals surface area contributed by atoms with Crippen molar-refractivity contribution in [2.75, 3.05) is 20.3 Å². The van der Waals surface area contributed by atoms with E-state index in [1.807, 2.05) is 62.4 Å². The fourth-order valence-electron chi connectivity index (χ4n) is 3.59. The van der Waals surface area contributed by atoms with Crippen LogP contribution in [0.2, 0.25) is 0 Å². The number of ether oxygens (including phenoxy) is 3. The van der Waals surface area contributed by atoms with E-state index >= 15 is 0 Å². The average Bonchev–Trinajstić information content (AvgIpc) is 3.13. The van der Waals surface area contributed by atoms with Crippen molar-refractivity contribution in [3.8, 4) is 17.2 Å². The highest BCUT2D eigenvalue weighted by molar-refractivity contribution is 14.1. The molecule has 1 heterocycles. The molecule has 0 bridgehead atoms. The molecule has 0 aromatic heterocycles. The maximum atomic E-state index is 12.9. The van der Waals surface area contributed by atoms with E-state index in [0.29, 0.717) is 23.0 Å². The molecule has 0 aliphatic carbocycles. The first-order chi connectivity index (χ1) is 17.3. The molecule has 0 radical (unpaired) electrons. The van der Waals surface area contributed by atoms with Crippen molar-refractivity contribution in [3.63, 3.8) is 0 Å². The van der Waals surface area contributed by atoms with Gasteiger partial charge in [-0.1, -0.05) is 30.3 Å². The SMILES string of the molecule is COc1cc(/C=C2\SC(=O)N(CCOc3cc(C)ccc3C)C2=O)ccc1OCc1ccc(I)cc1. The number of benzene rings is 3. The van der Waals surface area contributed by atoms with Gasteiger partial charge in [-0.2, -0.15) is 0 Å². The van der Waals surface area contributed by atoms with Crippen LogP contribution in [0, 0.1) is 17.4 Å². The van der Waals surface area contributed by atoms with E-state index in [1.54, 1.807) is 25.3 Å². The zero-order chi connectivity index (χ0) is 25.7. The predicted octanol–water partition coefficient (Wildman–Crippen LogP) is 6.61. The predicted molar refractivity (Wildman–Crippen MR) is 151 cm³/mol. The van der Waals surface area contributed by atoms with Crippen LogP contribution < -0.4 is 14.2 Å². The zero-order valence-electron chi connectivity index (χ0n) is 20.2. The molecule has 1 aliphatic heterocycles. The third kappa shape index (κ3) is 6.41. The molecule has 6 nitrogen and oxygen atoms in total. The first-order valence-corrected chi connectivity index (χ1v) is 13.2. The Kier molecular flexibility index (Phi) is 8.58. The molecule has 3 aromatic rings. The van der Waals surface area contributed by atoms with Gasteiger partial charge in [-0.05, 0) is 107 Å². The summed E-state index contributed by atoms with van der Waals surface area (Å²) in [6.45, 7) is 4.78. The number of rotatable bonds is 9. The molecule has 0 atom stereocenters. The van der Waals surface area contributed by atoms with Crippen LogP contribution >= 0.6 is 34.4 Å². The number of hydrogen-bond donors (Lipinski definition) is 0. The van der Waals surface area contributed by atoms with Crippen LogP contribution in [0.25, 0.3) is 6.08 Å².